The van der Waals surface area contributed by atoms with Crippen molar-refractivity contribution < 1.29 is 17.6 Å². The molecule has 0 aliphatic carbocycles. The Bertz CT molecular complexity index is 1290. The number of halogens is 4. The Morgan fingerprint density at radius 2 is 1.87 bits per heavy atom. The predicted octanol–water partition coefficient (Wildman–Crippen LogP) is 5.44. The van der Waals surface area contributed by atoms with Crippen LogP contribution in [0.1, 0.15) is 27.9 Å². The molecule has 0 amide bonds. The summed E-state index contributed by atoms with van der Waals surface area (Å²) in [5.41, 5.74) is 1.76. The number of hydrogen-bond acceptors (Lipinski definition) is 3. The molecule has 0 fully saturated rings. The lowest BCUT2D eigenvalue weighted by atomic mass is 10.0. The maximum atomic E-state index is 14.6. The second kappa shape index (κ2) is 8.14. The molecule has 0 radical (unpaired) electrons. The molecule has 9 heteroatoms. The fraction of sp³-hybridized carbons (Fsp3) is 0.182. The van der Waals surface area contributed by atoms with Gasteiger partial charge in [0.05, 0.1) is 12.1 Å². The van der Waals surface area contributed by atoms with Crippen LogP contribution < -0.4 is 0 Å². The van der Waals surface area contributed by atoms with Gasteiger partial charge in [0.25, 0.3) is 0 Å². The van der Waals surface area contributed by atoms with E-state index in [1.807, 2.05) is 0 Å². The predicted molar refractivity (Wildman–Crippen MR) is 106 cm³/mol. The van der Waals surface area contributed by atoms with E-state index in [1.54, 1.807) is 24.4 Å². The van der Waals surface area contributed by atoms with Gasteiger partial charge >= 0.3 is 6.18 Å². The van der Waals surface area contributed by atoms with E-state index in [9.17, 15) is 17.6 Å². The monoisotopic (exact) mass is 425 g/mol. The molecule has 0 spiro atoms. The third kappa shape index (κ3) is 4.38. The van der Waals surface area contributed by atoms with Gasteiger partial charge < -0.3 is 4.98 Å². The summed E-state index contributed by atoms with van der Waals surface area (Å²) >= 11 is 0. The third-order valence-corrected chi connectivity index (χ3v) is 4.96. The number of hydrogen-bond donors (Lipinski definition) is 1. The van der Waals surface area contributed by atoms with Crippen molar-refractivity contribution in [1.29, 1.82) is 0 Å². The zero-order chi connectivity index (χ0) is 22.0. The van der Waals surface area contributed by atoms with Gasteiger partial charge in [0.1, 0.15) is 5.65 Å². The maximum absolute atomic E-state index is 14.6. The highest BCUT2D eigenvalue weighted by atomic mass is 19.4. The number of H-pyrrole nitrogens is 1. The Morgan fingerprint density at radius 3 is 2.61 bits per heavy atom. The number of nitrogens with one attached hydrogen (secondary N) is 1. The molecular weight excluding hydrogens is 410 g/mol. The van der Waals surface area contributed by atoms with Crippen LogP contribution in [0.25, 0.3) is 15.9 Å². The zero-order valence-corrected chi connectivity index (χ0v) is 16.0. The summed E-state index contributed by atoms with van der Waals surface area (Å²) in [5, 5.41) is 0.730. The van der Waals surface area contributed by atoms with Crippen molar-refractivity contribution in [2.75, 3.05) is 0 Å². The number of aromatic amines is 1. The van der Waals surface area contributed by atoms with Crippen molar-refractivity contribution in [2.24, 2.45) is 0 Å². The summed E-state index contributed by atoms with van der Waals surface area (Å²) in [7, 11) is 0. The Morgan fingerprint density at radius 1 is 1.03 bits per heavy atom. The van der Waals surface area contributed by atoms with E-state index >= 15 is 0 Å². The van der Waals surface area contributed by atoms with Gasteiger partial charge in [-0.3, -0.25) is 9.97 Å². The average molecular weight is 425 g/mol. The maximum Gasteiger partial charge on any atom is 0.416 e. The van der Waals surface area contributed by atoms with Crippen molar-refractivity contribution in [2.45, 2.75) is 25.4 Å². The minimum Gasteiger partial charge on any atom is -0.346 e. The van der Waals surface area contributed by atoms with Crippen LogP contribution in [0.3, 0.4) is 0 Å². The molecule has 0 bridgehead atoms. The Hall–Kier alpha value is -3.80. The van der Waals surface area contributed by atoms with Gasteiger partial charge in [-0.1, -0.05) is 6.07 Å². The van der Waals surface area contributed by atoms with Gasteiger partial charge in [-0.2, -0.15) is 17.6 Å². The fourth-order valence-corrected chi connectivity index (χ4v) is 3.40. The molecule has 31 heavy (non-hydrogen) atoms. The summed E-state index contributed by atoms with van der Waals surface area (Å²) in [6.07, 6.45) is 1.40. The molecule has 156 valence electrons. The van der Waals surface area contributed by atoms with Crippen molar-refractivity contribution in [3.05, 3.63) is 94.4 Å². The quantitative estimate of drug-likeness (QED) is 0.263. The fourth-order valence-electron chi connectivity index (χ4n) is 3.40. The second-order valence-electron chi connectivity index (χ2n) is 6.98. The molecule has 0 unspecified atom stereocenters. The number of aryl methyl sites for hydroxylation is 2. The molecule has 5 nitrogen and oxygen atoms in total. The minimum absolute atomic E-state index is 0.0436. The number of alkyl halides is 3. The van der Waals surface area contributed by atoms with Crippen LogP contribution in [0.15, 0.2) is 49.1 Å². The van der Waals surface area contributed by atoms with Crippen LogP contribution in [-0.2, 0) is 25.4 Å². The van der Waals surface area contributed by atoms with Gasteiger partial charge in [0.2, 0.25) is 11.6 Å². The first-order chi connectivity index (χ1) is 14.8. The highest BCUT2D eigenvalue weighted by Gasteiger charge is 2.33. The number of rotatable bonds is 5. The molecule has 1 N–H and O–H groups in total. The van der Waals surface area contributed by atoms with Gasteiger partial charge in [-0.05, 0) is 42.2 Å². The Kier molecular flexibility index (Phi) is 5.38. The van der Waals surface area contributed by atoms with E-state index in [2.05, 4.69) is 24.8 Å². The van der Waals surface area contributed by atoms with E-state index in [-0.39, 0.29) is 24.8 Å². The lowest BCUT2D eigenvalue weighted by Gasteiger charge is -2.12. The molecule has 0 aliphatic rings. The van der Waals surface area contributed by atoms with Crippen molar-refractivity contribution in [3.63, 3.8) is 0 Å². The van der Waals surface area contributed by atoms with Crippen LogP contribution in [-0.4, -0.2) is 19.9 Å². The molecule has 4 rings (SSSR count). The molecule has 4 heterocycles. The molecular formula is C22H15F4N5. The van der Waals surface area contributed by atoms with Gasteiger partial charge in [0, 0.05) is 47.9 Å². The largest absolute Gasteiger partial charge is 0.416 e. The minimum atomic E-state index is -4.47. The standard InChI is InChI=1S/C22H15F4N5/c1-27-17-9-18-15(11-29-21(18)30-12-17)8-13-2-4-16(31-20(13)23)5-3-14-10-28-7-6-19(14)22(24,25)26/h2,4,6-7,9-12H,3,5,8H2,(H,29,30). The summed E-state index contributed by atoms with van der Waals surface area (Å²) in [5.74, 6) is -0.677. The molecule has 0 saturated carbocycles. The van der Waals surface area contributed by atoms with Crippen LogP contribution in [0.5, 0.6) is 0 Å². The van der Waals surface area contributed by atoms with Crippen molar-refractivity contribution in [3.8, 4) is 0 Å². The van der Waals surface area contributed by atoms with Crippen molar-refractivity contribution >= 4 is 16.7 Å². The van der Waals surface area contributed by atoms with E-state index in [1.165, 1.54) is 12.4 Å². The van der Waals surface area contributed by atoms with Crippen LogP contribution in [0, 0.1) is 12.5 Å². The number of aromatic nitrogens is 4. The van der Waals surface area contributed by atoms with E-state index in [4.69, 9.17) is 6.57 Å². The van der Waals surface area contributed by atoms with E-state index in [0.29, 0.717) is 22.6 Å². The van der Waals surface area contributed by atoms with Crippen molar-refractivity contribution in [1.82, 2.24) is 19.9 Å². The van der Waals surface area contributed by atoms with E-state index < -0.39 is 17.7 Å². The average Bonchev–Trinajstić information content (AvgIpc) is 3.15. The molecule has 0 saturated heterocycles. The Balaban J connectivity index is 1.52. The normalized spacial score (nSPS) is 11.6. The zero-order valence-electron chi connectivity index (χ0n) is 16.0. The first-order valence-electron chi connectivity index (χ1n) is 9.33. The van der Waals surface area contributed by atoms with Crippen LogP contribution in [0.4, 0.5) is 23.2 Å². The smallest absolute Gasteiger partial charge is 0.346 e. The number of fused-ring (bicyclic) bond motifs is 1. The summed E-state index contributed by atoms with van der Waals surface area (Å²) < 4.78 is 53.9. The third-order valence-electron chi connectivity index (χ3n) is 4.96. The molecule has 0 atom stereocenters. The topological polar surface area (TPSA) is 58.8 Å². The van der Waals surface area contributed by atoms with E-state index in [0.717, 1.165) is 23.2 Å². The summed E-state index contributed by atoms with van der Waals surface area (Å²) in [6, 6.07) is 5.81. The number of pyridine rings is 3. The first kappa shape index (κ1) is 20.5. The SMILES string of the molecule is [C-]#[N+]c1cnc2[nH]cc(Cc3ccc(CCc4cnccc4C(F)(F)F)nc3F)c2c1. The van der Waals surface area contributed by atoms with Gasteiger partial charge in [-0.15, -0.1) is 0 Å². The Labute approximate surface area is 174 Å². The summed E-state index contributed by atoms with van der Waals surface area (Å²) in [6.45, 7) is 7.11. The highest BCUT2D eigenvalue weighted by Crippen LogP contribution is 2.32. The summed E-state index contributed by atoms with van der Waals surface area (Å²) in [4.78, 5) is 18.2. The van der Waals surface area contributed by atoms with Crippen LogP contribution >= 0.6 is 0 Å². The molecule has 4 aromatic rings. The van der Waals surface area contributed by atoms with Crippen LogP contribution in [0.2, 0.25) is 0 Å². The first-order valence-corrected chi connectivity index (χ1v) is 9.33. The molecule has 4 aromatic heterocycles. The highest BCUT2D eigenvalue weighted by molar-refractivity contribution is 5.83. The lowest BCUT2D eigenvalue weighted by molar-refractivity contribution is -0.138. The van der Waals surface area contributed by atoms with Gasteiger partial charge in [-0.25, -0.2) is 9.83 Å². The molecule has 0 aliphatic heterocycles. The second-order valence-corrected chi connectivity index (χ2v) is 6.98. The number of nitrogens with zero attached hydrogens (tertiary/aromatic N) is 4. The van der Waals surface area contributed by atoms with Gasteiger partial charge in [0.15, 0.2) is 0 Å². The lowest BCUT2D eigenvalue weighted by Crippen LogP contribution is -2.10. The molecule has 0 aromatic carbocycles.